The average molecular weight is 198 g/mol. The van der Waals surface area contributed by atoms with E-state index in [0.717, 1.165) is 6.08 Å². The Labute approximate surface area is 82.9 Å². The largest absolute Gasteiger partial charge is 0.478 e. The first-order valence-electron chi connectivity index (χ1n) is 3.83. The van der Waals surface area contributed by atoms with E-state index in [1.807, 2.05) is 6.92 Å². The van der Waals surface area contributed by atoms with E-state index in [1.54, 1.807) is 12.2 Å². The van der Waals surface area contributed by atoms with E-state index in [0.29, 0.717) is 0 Å². The Kier molecular flexibility index (Phi) is 9.69. The van der Waals surface area contributed by atoms with E-state index >= 15 is 0 Å². The van der Waals surface area contributed by atoms with E-state index < -0.39 is 11.9 Å². The van der Waals surface area contributed by atoms with Crippen molar-refractivity contribution in [3.8, 4) is 0 Å². The smallest absolute Gasteiger partial charge is 0.330 e. The van der Waals surface area contributed by atoms with Crippen LogP contribution in [0, 0.1) is 0 Å². The fourth-order valence-electron chi connectivity index (χ4n) is 0.249. The Morgan fingerprint density at radius 2 is 1.64 bits per heavy atom. The molecule has 0 amide bonds. The van der Waals surface area contributed by atoms with Crippen molar-refractivity contribution >= 4 is 11.9 Å². The number of hydrogen-bond donors (Lipinski definition) is 2. The van der Waals surface area contributed by atoms with Gasteiger partial charge in [-0.25, -0.2) is 9.59 Å². The number of carboxylic acid groups (broad SMARTS) is 2. The monoisotopic (exact) mass is 198 g/mol. The molecule has 0 unspecified atom stereocenters. The standard InChI is InChI=1S/C6H8O2.C4H6O2/c1-2-3-4-5-6(7)8;1-3(2)4(5)6/h2-5H,1H3,(H,7,8);1H2,2H3,(H,5,6). The first-order valence-corrected chi connectivity index (χ1v) is 3.83. The molecule has 0 saturated heterocycles. The van der Waals surface area contributed by atoms with Gasteiger partial charge in [-0.05, 0) is 13.8 Å². The second kappa shape index (κ2) is 9.25. The Hall–Kier alpha value is -1.84. The second-order valence-corrected chi connectivity index (χ2v) is 2.31. The van der Waals surface area contributed by atoms with Crippen molar-refractivity contribution in [2.24, 2.45) is 0 Å². The lowest BCUT2D eigenvalue weighted by atomic mass is 10.4. The maximum Gasteiger partial charge on any atom is 0.330 e. The maximum absolute atomic E-state index is 9.75. The average Bonchev–Trinajstić information content (AvgIpc) is 2.05. The fraction of sp³-hybridized carbons (Fsp3) is 0.200. The molecule has 0 radical (unpaired) electrons. The predicted molar refractivity (Wildman–Crippen MR) is 54.0 cm³/mol. The van der Waals surface area contributed by atoms with Crippen molar-refractivity contribution in [1.29, 1.82) is 0 Å². The molecule has 78 valence electrons. The van der Waals surface area contributed by atoms with Gasteiger partial charge in [-0.15, -0.1) is 0 Å². The Balaban J connectivity index is 0. The minimum atomic E-state index is -0.935. The SMILES string of the molecule is C=C(C)C(=O)O.CC=CC=CC(=O)O. The highest BCUT2D eigenvalue weighted by atomic mass is 16.4. The Morgan fingerprint density at radius 3 is 1.86 bits per heavy atom. The van der Waals surface area contributed by atoms with Gasteiger partial charge in [0.25, 0.3) is 0 Å². The number of carboxylic acids is 2. The van der Waals surface area contributed by atoms with E-state index in [4.69, 9.17) is 10.2 Å². The summed E-state index contributed by atoms with van der Waals surface area (Å²) in [4.78, 5) is 19.4. The maximum atomic E-state index is 9.75. The molecule has 4 heteroatoms. The summed E-state index contributed by atoms with van der Waals surface area (Å²) in [5.41, 5.74) is 0.176. The summed E-state index contributed by atoms with van der Waals surface area (Å²) in [7, 11) is 0. The molecule has 0 aliphatic rings. The van der Waals surface area contributed by atoms with Crippen LogP contribution in [0.4, 0.5) is 0 Å². The highest BCUT2D eigenvalue weighted by Crippen LogP contribution is 1.81. The van der Waals surface area contributed by atoms with Gasteiger partial charge in [0.15, 0.2) is 0 Å². The number of carbonyl (C=O) groups is 2. The van der Waals surface area contributed by atoms with Crippen molar-refractivity contribution < 1.29 is 19.8 Å². The lowest BCUT2D eigenvalue weighted by molar-refractivity contribution is -0.133. The zero-order valence-electron chi connectivity index (χ0n) is 8.23. The molecule has 0 rings (SSSR count). The summed E-state index contributed by atoms with van der Waals surface area (Å²) in [6, 6.07) is 0. The molecule has 4 nitrogen and oxygen atoms in total. The van der Waals surface area contributed by atoms with E-state index in [-0.39, 0.29) is 5.57 Å². The van der Waals surface area contributed by atoms with Crippen LogP contribution in [0.15, 0.2) is 36.5 Å². The van der Waals surface area contributed by atoms with Crippen molar-refractivity contribution in [2.45, 2.75) is 13.8 Å². The Morgan fingerprint density at radius 1 is 1.21 bits per heavy atom. The van der Waals surface area contributed by atoms with Crippen molar-refractivity contribution in [1.82, 2.24) is 0 Å². The molecule has 2 N–H and O–H groups in total. The zero-order chi connectivity index (χ0) is 11.6. The summed E-state index contributed by atoms with van der Waals surface area (Å²) in [5.74, 6) is -1.85. The Bertz CT molecular complexity index is 249. The second-order valence-electron chi connectivity index (χ2n) is 2.31. The first-order chi connectivity index (χ1) is 6.41. The predicted octanol–water partition coefficient (Wildman–Crippen LogP) is 1.85. The molecule has 0 spiro atoms. The normalized spacial score (nSPS) is 9.57. The fourth-order valence-corrected chi connectivity index (χ4v) is 0.249. The minimum absolute atomic E-state index is 0.176. The summed E-state index contributed by atoms with van der Waals surface area (Å²) in [6.45, 7) is 6.43. The third kappa shape index (κ3) is 16.6. The molecule has 0 aromatic carbocycles. The topological polar surface area (TPSA) is 74.6 Å². The van der Waals surface area contributed by atoms with Gasteiger partial charge in [0.1, 0.15) is 0 Å². The molecule has 0 bridgehead atoms. The zero-order valence-corrected chi connectivity index (χ0v) is 8.23. The van der Waals surface area contributed by atoms with Crippen LogP contribution < -0.4 is 0 Å². The summed E-state index contributed by atoms with van der Waals surface area (Å²) in [6.07, 6.45) is 5.98. The van der Waals surface area contributed by atoms with E-state index in [9.17, 15) is 9.59 Å². The summed E-state index contributed by atoms with van der Waals surface area (Å²) in [5, 5.41) is 15.9. The number of hydrogen-bond acceptors (Lipinski definition) is 2. The summed E-state index contributed by atoms with van der Waals surface area (Å²) < 4.78 is 0. The number of rotatable bonds is 3. The van der Waals surface area contributed by atoms with Crippen LogP contribution in [-0.4, -0.2) is 22.2 Å². The van der Waals surface area contributed by atoms with Gasteiger partial charge < -0.3 is 10.2 Å². The lowest BCUT2D eigenvalue weighted by Gasteiger charge is -1.79. The van der Waals surface area contributed by atoms with Crippen molar-refractivity contribution in [3.63, 3.8) is 0 Å². The third-order valence-electron chi connectivity index (χ3n) is 0.907. The molecule has 0 aromatic rings. The molecule has 0 heterocycles. The van der Waals surface area contributed by atoms with Crippen LogP contribution in [0.3, 0.4) is 0 Å². The summed E-state index contributed by atoms with van der Waals surface area (Å²) >= 11 is 0. The van der Waals surface area contributed by atoms with Gasteiger partial charge in [0.05, 0.1) is 0 Å². The van der Waals surface area contributed by atoms with Crippen LogP contribution in [-0.2, 0) is 9.59 Å². The van der Waals surface area contributed by atoms with Gasteiger partial charge in [-0.3, -0.25) is 0 Å². The molecule has 0 aliphatic carbocycles. The van der Waals surface area contributed by atoms with Crippen molar-refractivity contribution in [3.05, 3.63) is 36.5 Å². The quantitative estimate of drug-likeness (QED) is 0.536. The van der Waals surface area contributed by atoms with Crippen LogP contribution in [0.25, 0.3) is 0 Å². The number of aliphatic carboxylic acids is 2. The van der Waals surface area contributed by atoms with Gasteiger partial charge in [-0.1, -0.05) is 24.8 Å². The van der Waals surface area contributed by atoms with Gasteiger partial charge in [0, 0.05) is 11.6 Å². The molecule has 0 saturated carbocycles. The highest BCUT2D eigenvalue weighted by Gasteiger charge is 1.90. The molecular weight excluding hydrogens is 184 g/mol. The van der Waals surface area contributed by atoms with Gasteiger partial charge >= 0.3 is 11.9 Å². The first kappa shape index (κ1) is 14.7. The van der Waals surface area contributed by atoms with Gasteiger partial charge in [-0.2, -0.15) is 0 Å². The lowest BCUT2D eigenvalue weighted by Crippen LogP contribution is -1.92. The highest BCUT2D eigenvalue weighted by molar-refractivity contribution is 5.84. The molecule has 0 atom stereocenters. The van der Waals surface area contributed by atoms with Crippen LogP contribution in [0.2, 0.25) is 0 Å². The van der Waals surface area contributed by atoms with Crippen LogP contribution in [0.1, 0.15) is 13.8 Å². The molecule has 14 heavy (non-hydrogen) atoms. The van der Waals surface area contributed by atoms with Crippen LogP contribution in [0.5, 0.6) is 0 Å². The van der Waals surface area contributed by atoms with Crippen LogP contribution >= 0.6 is 0 Å². The van der Waals surface area contributed by atoms with Gasteiger partial charge in [0.2, 0.25) is 0 Å². The minimum Gasteiger partial charge on any atom is -0.478 e. The van der Waals surface area contributed by atoms with E-state index in [1.165, 1.54) is 13.0 Å². The van der Waals surface area contributed by atoms with E-state index in [2.05, 4.69) is 6.58 Å². The molecular formula is C10H14O4. The number of allylic oxidation sites excluding steroid dienone is 3. The molecule has 0 aliphatic heterocycles. The molecule has 0 fully saturated rings. The van der Waals surface area contributed by atoms with Crippen molar-refractivity contribution in [2.75, 3.05) is 0 Å². The third-order valence-corrected chi connectivity index (χ3v) is 0.907. The molecule has 0 aromatic heterocycles.